The van der Waals surface area contributed by atoms with Gasteiger partial charge >= 0.3 is 0 Å². The molecule has 2 aromatic carbocycles. The summed E-state index contributed by atoms with van der Waals surface area (Å²) in [5, 5.41) is 0. The Morgan fingerprint density at radius 3 is 2.68 bits per heavy atom. The fraction of sp³-hybridized carbons (Fsp3) is 0.200. The molecular formula is C15H15F2NO. The molecule has 19 heavy (non-hydrogen) atoms. The molecule has 0 aliphatic carbocycles. The van der Waals surface area contributed by atoms with Crippen molar-refractivity contribution in [1.82, 2.24) is 0 Å². The monoisotopic (exact) mass is 263 g/mol. The zero-order chi connectivity index (χ0) is 13.8. The minimum absolute atomic E-state index is 0.0218. The number of halogens is 2. The van der Waals surface area contributed by atoms with E-state index >= 15 is 0 Å². The second-order valence-electron chi connectivity index (χ2n) is 4.39. The lowest BCUT2D eigenvalue weighted by atomic mass is 10.1. The number of rotatable bonds is 4. The van der Waals surface area contributed by atoms with Gasteiger partial charge in [-0.05, 0) is 42.8 Å². The zero-order valence-electron chi connectivity index (χ0n) is 10.6. The molecule has 100 valence electrons. The van der Waals surface area contributed by atoms with Crippen LogP contribution in [0.15, 0.2) is 42.5 Å². The van der Waals surface area contributed by atoms with Gasteiger partial charge in [0.25, 0.3) is 0 Å². The lowest BCUT2D eigenvalue weighted by Crippen LogP contribution is -2.05. The summed E-state index contributed by atoms with van der Waals surface area (Å²) < 4.78 is 31.9. The highest BCUT2D eigenvalue weighted by Gasteiger charge is 2.06. The Bertz CT molecular complexity index is 570. The van der Waals surface area contributed by atoms with E-state index in [0.717, 1.165) is 23.8 Å². The highest BCUT2D eigenvalue weighted by Crippen LogP contribution is 2.19. The number of ether oxygens (including phenoxy) is 1. The fourth-order valence-electron chi connectivity index (χ4n) is 1.70. The van der Waals surface area contributed by atoms with Gasteiger partial charge in [0.05, 0.1) is 0 Å². The van der Waals surface area contributed by atoms with Crippen LogP contribution in [0.2, 0.25) is 0 Å². The summed E-state index contributed by atoms with van der Waals surface area (Å²) in [4.78, 5) is 0. The van der Waals surface area contributed by atoms with E-state index in [4.69, 9.17) is 10.5 Å². The third kappa shape index (κ3) is 3.51. The van der Waals surface area contributed by atoms with Gasteiger partial charge < -0.3 is 10.5 Å². The molecule has 2 rings (SSSR count). The van der Waals surface area contributed by atoms with E-state index in [9.17, 15) is 8.78 Å². The van der Waals surface area contributed by atoms with Crippen molar-refractivity contribution in [3.63, 3.8) is 0 Å². The quantitative estimate of drug-likeness (QED) is 0.915. The predicted molar refractivity (Wildman–Crippen MR) is 69.7 cm³/mol. The molecule has 0 fully saturated rings. The largest absolute Gasteiger partial charge is 0.489 e. The van der Waals surface area contributed by atoms with E-state index in [1.54, 1.807) is 12.1 Å². The lowest BCUT2D eigenvalue weighted by molar-refractivity contribution is 0.298. The van der Waals surface area contributed by atoms with E-state index in [0.29, 0.717) is 5.75 Å². The van der Waals surface area contributed by atoms with E-state index < -0.39 is 11.6 Å². The van der Waals surface area contributed by atoms with Crippen molar-refractivity contribution in [2.24, 2.45) is 5.73 Å². The van der Waals surface area contributed by atoms with E-state index in [1.165, 1.54) is 0 Å². The van der Waals surface area contributed by atoms with Crippen molar-refractivity contribution < 1.29 is 13.5 Å². The van der Waals surface area contributed by atoms with Crippen molar-refractivity contribution in [3.8, 4) is 5.75 Å². The molecular weight excluding hydrogens is 248 g/mol. The molecule has 0 aliphatic heterocycles. The molecule has 0 heterocycles. The van der Waals surface area contributed by atoms with Gasteiger partial charge in [0.15, 0.2) is 0 Å². The summed E-state index contributed by atoms with van der Waals surface area (Å²) in [5.41, 5.74) is 6.88. The maximum atomic E-state index is 13.4. The van der Waals surface area contributed by atoms with E-state index in [2.05, 4.69) is 0 Å². The molecule has 0 bridgehead atoms. The Kier molecular flexibility index (Phi) is 4.12. The van der Waals surface area contributed by atoms with Gasteiger partial charge in [-0.15, -0.1) is 0 Å². The predicted octanol–water partition coefficient (Wildman–Crippen LogP) is 3.56. The van der Waals surface area contributed by atoms with Crippen LogP contribution in [0.4, 0.5) is 8.78 Å². The van der Waals surface area contributed by atoms with Crippen LogP contribution in [0.1, 0.15) is 24.1 Å². The first-order chi connectivity index (χ1) is 9.06. The highest BCUT2D eigenvalue weighted by atomic mass is 19.1. The molecule has 0 saturated heterocycles. The Morgan fingerprint density at radius 1 is 1.16 bits per heavy atom. The molecule has 0 saturated carbocycles. The Hall–Kier alpha value is -1.94. The van der Waals surface area contributed by atoms with Gasteiger partial charge in [0.2, 0.25) is 0 Å². The molecule has 0 spiro atoms. The lowest BCUT2D eigenvalue weighted by Gasteiger charge is -2.10. The third-order valence-electron chi connectivity index (χ3n) is 2.79. The summed E-state index contributed by atoms with van der Waals surface area (Å²) in [6, 6.07) is 10.4. The van der Waals surface area contributed by atoms with Crippen molar-refractivity contribution in [1.29, 1.82) is 0 Å². The molecule has 1 atom stereocenters. The molecule has 0 amide bonds. The van der Waals surface area contributed by atoms with Gasteiger partial charge in [-0.3, -0.25) is 0 Å². The standard InChI is InChI=1S/C15H15F2NO/c1-10(18)11-3-2-4-14(8-11)19-9-12-7-13(16)5-6-15(12)17/h2-8,10H,9,18H2,1H3/t10-/m0/s1. The van der Waals surface area contributed by atoms with Gasteiger partial charge in [0, 0.05) is 11.6 Å². The number of hydrogen-bond acceptors (Lipinski definition) is 2. The second kappa shape index (κ2) is 5.80. The zero-order valence-corrected chi connectivity index (χ0v) is 10.6. The van der Waals surface area contributed by atoms with Crippen LogP contribution in [-0.4, -0.2) is 0 Å². The molecule has 0 aromatic heterocycles. The smallest absolute Gasteiger partial charge is 0.130 e. The summed E-state index contributed by atoms with van der Waals surface area (Å²) >= 11 is 0. The van der Waals surface area contributed by atoms with E-state index in [-0.39, 0.29) is 18.2 Å². The molecule has 0 radical (unpaired) electrons. The first-order valence-electron chi connectivity index (χ1n) is 5.98. The van der Waals surface area contributed by atoms with Gasteiger partial charge in [0.1, 0.15) is 24.0 Å². The summed E-state index contributed by atoms with van der Waals surface area (Å²) in [6.45, 7) is 1.84. The van der Waals surface area contributed by atoms with Crippen molar-refractivity contribution in [3.05, 3.63) is 65.2 Å². The summed E-state index contributed by atoms with van der Waals surface area (Å²) in [6.07, 6.45) is 0. The van der Waals surface area contributed by atoms with E-state index in [1.807, 2.05) is 19.1 Å². The Balaban J connectivity index is 2.10. The molecule has 2 aromatic rings. The SMILES string of the molecule is C[C@H](N)c1cccc(OCc2cc(F)ccc2F)c1. The number of nitrogens with two attached hydrogens (primary N) is 1. The minimum Gasteiger partial charge on any atom is -0.489 e. The average Bonchev–Trinajstić information content (AvgIpc) is 2.40. The maximum Gasteiger partial charge on any atom is 0.130 e. The van der Waals surface area contributed by atoms with Gasteiger partial charge in [-0.1, -0.05) is 12.1 Å². The van der Waals surface area contributed by atoms with Crippen LogP contribution in [-0.2, 0) is 6.61 Å². The van der Waals surface area contributed by atoms with Crippen molar-refractivity contribution >= 4 is 0 Å². The Labute approximate surface area is 110 Å². The summed E-state index contributed by atoms with van der Waals surface area (Å²) in [7, 11) is 0. The number of hydrogen-bond donors (Lipinski definition) is 1. The number of benzene rings is 2. The van der Waals surface area contributed by atoms with Gasteiger partial charge in [-0.25, -0.2) is 8.78 Å². The second-order valence-corrected chi connectivity index (χ2v) is 4.39. The van der Waals surface area contributed by atoms with Crippen LogP contribution >= 0.6 is 0 Å². The molecule has 2 N–H and O–H groups in total. The van der Waals surface area contributed by atoms with Crippen LogP contribution in [0, 0.1) is 11.6 Å². The Morgan fingerprint density at radius 2 is 1.95 bits per heavy atom. The molecule has 4 heteroatoms. The molecule has 0 unspecified atom stereocenters. The first kappa shape index (κ1) is 13.5. The maximum absolute atomic E-state index is 13.4. The van der Waals surface area contributed by atoms with Crippen LogP contribution in [0.5, 0.6) is 5.75 Å². The third-order valence-corrected chi connectivity index (χ3v) is 2.79. The topological polar surface area (TPSA) is 35.2 Å². The van der Waals surface area contributed by atoms with Crippen LogP contribution in [0.3, 0.4) is 0 Å². The fourth-order valence-corrected chi connectivity index (χ4v) is 1.70. The summed E-state index contributed by atoms with van der Waals surface area (Å²) in [5.74, 6) is -0.382. The van der Waals surface area contributed by atoms with Crippen molar-refractivity contribution in [2.75, 3.05) is 0 Å². The van der Waals surface area contributed by atoms with Crippen LogP contribution in [0.25, 0.3) is 0 Å². The van der Waals surface area contributed by atoms with Gasteiger partial charge in [-0.2, -0.15) is 0 Å². The highest BCUT2D eigenvalue weighted by molar-refractivity contribution is 5.30. The normalized spacial score (nSPS) is 12.2. The van der Waals surface area contributed by atoms with Crippen LogP contribution < -0.4 is 10.5 Å². The minimum atomic E-state index is -0.482. The molecule has 2 nitrogen and oxygen atoms in total. The first-order valence-corrected chi connectivity index (χ1v) is 5.98. The van der Waals surface area contributed by atoms with Crippen molar-refractivity contribution in [2.45, 2.75) is 19.6 Å². The molecule has 0 aliphatic rings. The average molecular weight is 263 g/mol.